The van der Waals surface area contributed by atoms with Crippen molar-refractivity contribution in [2.24, 2.45) is 0 Å². The number of rotatable bonds is 8. The molecule has 1 aromatic carbocycles. The molecule has 0 aliphatic heterocycles. The van der Waals surface area contributed by atoms with E-state index in [2.05, 4.69) is 46.5 Å². The first-order valence-electron chi connectivity index (χ1n) is 10.8. The van der Waals surface area contributed by atoms with Gasteiger partial charge in [-0.3, -0.25) is 0 Å². The van der Waals surface area contributed by atoms with Crippen LogP contribution >= 0.6 is 0 Å². The lowest BCUT2D eigenvalue weighted by atomic mass is 9.91. The summed E-state index contributed by atoms with van der Waals surface area (Å²) in [6.07, 6.45) is 4.53. The van der Waals surface area contributed by atoms with Gasteiger partial charge < -0.3 is 24.3 Å². The number of phenols is 1. The monoisotopic (exact) mass is 447 g/mol. The van der Waals surface area contributed by atoms with E-state index in [9.17, 15) is 15.0 Å². The normalized spacial score (nSPS) is 19.5. The molecule has 0 aromatic heterocycles. The van der Waals surface area contributed by atoms with Crippen molar-refractivity contribution in [2.75, 3.05) is 13.6 Å². The van der Waals surface area contributed by atoms with Crippen molar-refractivity contribution in [3.63, 3.8) is 0 Å². The lowest BCUT2D eigenvalue weighted by molar-refractivity contribution is 0.0502. The number of ether oxygens (including phenoxy) is 1. The molecule has 0 fully saturated rings. The van der Waals surface area contributed by atoms with Gasteiger partial charge in [0.05, 0.1) is 6.10 Å². The average molecular weight is 448 g/mol. The van der Waals surface area contributed by atoms with Crippen LogP contribution in [0.1, 0.15) is 45.6 Å². The van der Waals surface area contributed by atoms with Crippen molar-refractivity contribution in [1.29, 1.82) is 0 Å². The van der Waals surface area contributed by atoms with E-state index >= 15 is 0 Å². The molecular formula is C24H37NO5Si. The zero-order valence-electron chi connectivity index (χ0n) is 19.6. The summed E-state index contributed by atoms with van der Waals surface area (Å²) < 4.78 is 13.1. The zero-order chi connectivity index (χ0) is 23.4. The fraction of sp³-hybridized carbons (Fsp3) is 0.542. The number of aromatic hydroxyl groups is 1. The van der Waals surface area contributed by atoms with E-state index < -0.39 is 20.5 Å². The van der Waals surface area contributed by atoms with Crippen LogP contribution in [0.3, 0.4) is 0 Å². The van der Waals surface area contributed by atoms with Crippen LogP contribution < -0.4 is 4.74 Å². The van der Waals surface area contributed by atoms with E-state index in [0.717, 1.165) is 24.0 Å². The number of benzene rings is 1. The molecule has 0 heterocycles. The fourth-order valence-electron chi connectivity index (χ4n) is 3.29. The van der Waals surface area contributed by atoms with Crippen molar-refractivity contribution in [3.05, 3.63) is 42.0 Å². The zero-order valence-corrected chi connectivity index (χ0v) is 20.6. The fourth-order valence-corrected chi connectivity index (χ4v) is 4.64. The highest BCUT2D eigenvalue weighted by atomic mass is 28.4. The van der Waals surface area contributed by atoms with Gasteiger partial charge in [0.2, 0.25) is 0 Å². The second kappa shape index (κ2) is 9.91. The summed E-state index contributed by atoms with van der Waals surface area (Å²) >= 11 is 0. The Bertz CT molecular complexity index is 828. The standard InChI is InChI=1S/C24H37NO5Si/c1-8-17-12-13-19(26)21(16-17)29-22-18(14-15-25(5)23(27)28)10-9-11-20(22)30-31(6,7)24(2,3)4/h8,10,12-13,16,20,22,26H,1,9,11,14-15H2,2-7H3,(H,27,28)/t20-,22-/m0/s1. The first-order valence-corrected chi connectivity index (χ1v) is 13.7. The van der Waals surface area contributed by atoms with Crippen LogP contribution in [0.15, 0.2) is 36.4 Å². The van der Waals surface area contributed by atoms with Crippen molar-refractivity contribution in [2.45, 2.75) is 70.4 Å². The number of nitrogens with zero attached hydrogens (tertiary/aromatic N) is 1. The molecule has 2 N–H and O–H groups in total. The van der Waals surface area contributed by atoms with Crippen molar-refractivity contribution >= 4 is 20.5 Å². The van der Waals surface area contributed by atoms with Crippen molar-refractivity contribution < 1.29 is 24.2 Å². The molecule has 1 amide bonds. The van der Waals surface area contributed by atoms with Crippen LogP contribution in [0.2, 0.25) is 18.1 Å². The van der Waals surface area contributed by atoms with E-state index in [0.29, 0.717) is 18.7 Å². The maximum absolute atomic E-state index is 11.2. The summed E-state index contributed by atoms with van der Waals surface area (Å²) in [5, 5.41) is 19.7. The molecule has 2 rings (SSSR count). The maximum atomic E-state index is 11.2. The molecule has 0 spiro atoms. The number of hydrogen-bond donors (Lipinski definition) is 2. The summed E-state index contributed by atoms with van der Waals surface area (Å²) in [6.45, 7) is 15.2. The van der Waals surface area contributed by atoms with Gasteiger partial charge >= 0.3 is 6.09 Å². The third-order valence-corrected chi connectivity index (χ3v) is 10.9. The second-order valence-corrected chi connectivity index (χ2v) is 14.5. The van der Waals surface area contributed by atoms with Gasteiger partial charge in [-0.1, -0.05) is 45.6 Å². The highest BCUT2D eigenvalue weighted by Gasteiger charge is 2.42. The minimum absolute atomic E-state index is 0.0489. The van der Waals surface area contributed by atoms with Crippen LogP contribution in [0.5, 0.6) is 11.5 Å². The predicted octanol–water partition coefficient (Wildman–Crippen LogP) is 5.89. The SMILES string of the molecule is C=Cc1ccc(O)c(O[C@H]2C(CCN(C)C(=O)O)=CCC[C@@H]2O[Si](C)(C)C(C)(C)C)c1. The lowest BCUT2D eigenvalue weighted by Gasteiger charge is -2.43. The van der Waals surface area contributed by atoms with Crippen LogP contribution in [0.25, 0.3) is 6.08 Å². The Hall–Kier alpha value is -2.25. The third kappa shape index (κ3) is 6.37. The Balaban J connectivity index is 2.35. The summed E-state index contributed by atoms with van der Waals surface area (Å²) in [4.78, 5) is 12.5. The highest BCUT2D eigenvalue weighted by Crippen LogP contribution is 2.41. The largest absolute Gasteiger partial charge is 0.504 e. The summed E-state index contributed by atoms with van der Waals surface area (Å²) in [5.41, 5.74) is 1.85. The molecule has 0 saturated heterocycles. The number of carboxylic acid groups (broad SMARTS) is 1. The molecule has 0 bridgehead atoms. The number of amides is 1. The van der Waals surface area contributed by atoms with Gasteiger partial charge in [-0.05, 0) is 60.7 Å². The minimum atomic E-state index is -2.07. The van der Waals surface area contributed by atoms with Gasteiger partial charge in [0.1, 0.15) is 6.10 Å². The quantitative estimate of drug-likeness (QED) is 0.383. The Morgan fingerprint density at radius 2 is 2.03 bits per heavy atom. The molecule has 1 aliphatic carbocycles. The molecule has 0 radical (unpaired) electrons. The first-order chi connectivity index (χ1) is 14.4. The van der Waals surface area contributed by atoms with Gasteiger partial charge in [-0.15, -0.1) is 0 Å². The Morgan fingerprint density at radius 3 is 2.61 bits per heavy atom. The molecule has 1 aliphatic rings. The smallest absolute Gasteiger partial charge is 0.407 e. The molecule has 0 saturated carbocycles. The number of allylic oxidation sites excluding steroid dienone is 1. The van der Waals surface area contributed by atoms with Crippen LogP contribution in [0, 0.1) is 0 Å². The molecule has 7 heteroatoms. The van der Waals surface area contributed by atoms with E-state index in [4.69, 9.17) is 9.16 Å². The van der Waals surface area contributed by atoms with Gasteiger partial charge in [-0.25, -0.2) is 4.79 Å². The van der Waals surface area contributed by atoms with Crippen LogP contribution in [0.4, 0.5) is 4.79 Å². The summed E-state index contributed by atoms with van der Waals surface area (Å²) in [6, 6.07) is 5.14. The summed E-state index contributed by atoms with van der Waals surface area (Å²) in [5.74, 6) is 0.440. The molecule has 1 aromatic rings. The summed E-state index contributed by atoms with van der Waals surface area (Å²) in [7, 11) is -0.505. The third-order valence-electron chi connectivity index (χ3n) is 6.35. The average Bonchev–Trinajstić information content (AvgIpc) is 2.68. The van der Waals surface area contributed by atoms with Crippen molar-refractivity contribution in [3.8, 4) is 11.5 Å². The maximum Gasteiger partial charge on any atom is 0.407 e. The molecule has 0 unspecified atom stereocenters. The van der Waals surface area contributed by atoms with E-state index in [1.165, 1.54) is 4.90 Å². The van der Waals surface area contributed by atoms with E-state index in [-0.39, 0.29) is 16.9 Å². The number of phenolic OH excluding ortho intramolecular Hbond substituents is 1. The topological polar surface area (TPSA) is 79.2 Å². The van der Waals surface area contributed by atoms with Crippen LogP contribution in [-0.4, -0.2) is 55.3 Å². The predicted molar refractivity (Wildman–Crippen MR) is 127 cm³/mol. The molecular weight excluding hydrogens is 410 g/mol. The Morgan fingerprint density at radius 1 is 1.35 bits per heavy atom. The molecule has 172 valence electrons. The second-order valence-electron chi connectivity index (χ2n) is 9.70. The van der Waals surface area contributed by atoms with Gasteiger partial charge in [0, 0.05) is 13.6 Å². The van der Waals surface area contributed by atoms with Gasteiger partial charge in [0.25, 0.3) is 0 Å². The minimum Gasteiger partial charge on any atom is -0.504 e. The van der Waals surface area contributed by atoms with Crippen LogP contribution in [-0.2, 0) is 4.43 Å². The van der Waals surface area contributed by atoms with E-state index in [1.54, 1.807) is 31.3 Å². The number of carbonyl (C=O) groups is 1. The first kappa shape index (κ1) is 25.0. The molecule has 31 heavy (non-hydrogen) atoms. The highest BCUT2D eigenvalue weighted by molar-refractivity contribution is 6.74. The van der Waals surface area contributed by atoms with Gasteiger partial charge in [-0.2, -0.15) is 0 Å². The van der Waals surface area contributed by atoms with E-state index in [1.807, 2.05) is 0 Å². The Labute approximate surface area is 187 Å². The van der Waals surface area contributed by atoms with Crippen molar-refractivity contribution in [1.82, 2.24) is 4.90 Å². The lowest BCUT2D eigenvalue weighted by Crippen LogP contribution is -2.49. The van der Waals surface area contributed by atoms with Gasteiger partial charge in [0.15, 0.2) is 19.8 Å². The Kier molecular flexibility index (Phi) is 8.00. The number of hydrogen-bond acceptors (Lipinski definition) is 4. The molecule has 6 nitrogen and oxygen atoms in total. The molecule has 2 atom stereocenters.